The van der Waals surface area contributed by atoms with E-state index >= 15 is 0 Å². The largest absolute Gasteiger partial charge is 0.445 e. The van der Waals surface area contributed by atoms with Crippen LogP contribution in [-0.4, -0.2) is 69.7 Å². The summed E-state index contributed by atoms with van der Waals surface area (Å²) in [5, 5.41) is 24.3. The van der Waals surface area contributed by atoms with Gasteiger partial charge < -0.3 is 34.6 Å². The van der Waals surface area contributed by atoms with E-state index in [-0.39, 0.29) is 44.3 Å². The van der Waals surface area contributed by atoms with E-state index in [1.165, 1.54) is 4.90 Å². The number of likely N-dealkylation sites (tertiary alicyclic amines) is 2. The third-order valence-corrected chi connectivity index (χ3v) is 12.0. The van der Waals surface area contributed by atoms with Crippen LogP contribution in [0.25, 0.3) is 11.1 Å². The van der Waals surface area contributed by atoms with E-state index in [1.54, 1.807) is 0 Å². The molecule has 3 aliphatic heterocycles. The smallest absolute Gasteiger partial charge is 0.408 e. The standard InChI is InChI=1S/C48H48ClN3O8/c49-39-20-18-38(19-21-39)48(57)22-24-51(25-23-48)29-40-26-43(35-12-10-32(30-53)11-13-35)60-46(59-40)36-16-14-34(15-17-36)41-9-5-4-8-37(41)28-52-44(54)27-42(45(52)55)50-47(56)58-31-33-6-2-1-3-7-33/h1-21,40,42-43,46,53,57H,22-31H2,(H,50,56)/t40-,42?,43+,46+/m1/s1. The molecule has 3 heterocycles. The number of hydrogen-bond acceptors (Lipinski definition) is 9. The molecule has 5 aromatic carbocycles. The van der Waals surface area contributed by atoms with Gasteiger partial charge in [-0.05, 0) is 63.9 Å². The molecule has 3 aliphatic rings. The highest BCUT2D eigenvalue weighted by atomic mass is 35.5. The molecule has 0 radical (unpaired) electrons. The monoisotopic (exact) mass is 829 g/mol. The number of imide groups is 1. The maximum atomic E-state index is 13.4. The Morgan fingerprint density at radius 1 is 0.817 bits per heavy atom. The summed E-state index contributed by atoms with van der Waals surface area (Å²) >= 11 is 6.11. The van der Waals surface area contributed by atoms with Gasteiger partial charge in [0, 0.05) is 36.6 Å². The van der Waals surface area contributed by atoms with Gasteiger partial charge in [0.1, 0.15) is 12.6 Å². The lowest BCUT2D eigenvalue weighted by Crippen LogP contribution is -2.46. The highest BCUT2D eigenvalue weighted by Crippen LogP contribution is 2.40. The highest BCUT2D eigenvalue weighted by molar-refractivity contribution is 6.30. The number of amides is 3. The lowest BCUT2D eigenvalue weighted by atomic mass is 9.84. The van der Waals surface area contributed by atoms with Gasteiger partial charge in [-0.2, -0.15) is 0 Å². The first-order valence-electron chi connectivity index (χ1n) is 20.4. The highest BCUT2D eigenvalue weighted by Gasteiger charge is 2.40. The topological polar surface area (TPSA) is 138 Å². The molecule has 11 nitrogen and oxygen atoms in total. The summed E-state index contributed by atoms with van der Waals surface area (Å²) in [6, 6.07) is 39.0. The predicted octanol–water partition coefficient (Wildman–Crippen LogP) is 7.58. The molecule has 3 amide bonds. The van der Waals surface area contributed by atoms with Gasteiger partial charge in [-0.15, -0.1) is 0 Å². The first-order valence-corrected chi connectivity index (χ1v) is 20.7. The fraction of sp³-hybridized carbons (Fsp3) is 0.312. The van der Waals surface area contributed by atoms with E-state index < -0.39 is 29.9 Å². The maximum Gasteiger partial charge on any atom is 0.408 e. The Bertz CT molecular complexity index is 2260. The Morgan fingerprint density at radius 2 is 1.50 bits per heavy atom. The Labute approximate surface area is 354 Å². The molecule has 8 rings (SSSR count). The molecule has 0 aliphatic carbocycles. The minimum Gasteiger partial charge on any atom is -0.445 e. The van der Waals surface area contributed by atoms with E-state index in [9.17, 15) is 24.6 Å². The second-order valence-corrected chi connectivity index (χ2v) is 16.2. The van der Waals surface area contributed by atoms with Crippen LogP contribution in [0.4, 0.5) is 4.79 Å². The zero-order valence-electron chi connectivity index (χ0n) is 33.1. The number of carbonyl (C=O) groups excluding carboxylic acids is 3. The van der Waals surface area contributed by atoms with Crippen molar-refractivity contribution in [3.8, 4) is 11.1 Å². The van der Waals surface area contributed by atoms with Crippen LogP contribution in [0.5, 0.6) is 0 Å². The van der Waals surface area contributed by atoms with E-state index in [1.807, 2.05) is 127 Å². The molecule has 1 unspecified atom stereocenters. The minimum atomic E-state index is -1.00. The number of halogens is 1. The molecular formula is C48H48ClN3O8. The third kappa shape index (κ3) is 9.63. The Hall–Kier alpha value is -5.40. The van der Waals surface area contributed by atoms with Crippen molar-refractivity contribution in [1.82, 2.24) is 15.1 Å². The molecule has 4 atom stereocenters. The predicted molar refractivity (Wildman–Crippen MR) is 225 cm³/mol. The molecule has 12 heteroatoms. The number of aliphatic hydroxyl groups excluding tert-OH is 1. The molecule has 0 aromatic heterocycles. The average molecular weight is 830 g/mol. The van der Waals surface area contributed by atoms with Gasteiger partial charge in [0.2, 0.25) is 5.91 Å². The first kappa shape index (κ1) is 41.3. The number of nitrogens with zero attached hydrogens (tertiary/aromatic N) is 2. The number of rotatable bonds is 12. The molecule has 60 heavy (non-hydrogen) atoms. The molecule has 0 saturated carbocycles. The number of hydrogen-bond donors (Lipinski definition) is 3. The summed E-state index contributed by atoms with van der Waals surface area (Å²) in [6.07, 6.45) is -0.147. The number of ether oxygens (including phenoxy) is 3. The molecule has 5 aromatic rings. The van der Waals surface area contributed by atoms with Crippen molar-refractivity contribution in [3.63, 3.8) is 0 Å². The SMILES string of the molecule is O=C(NC1CC(=O)N(Cc2ccccc2-c2ccc([C@H]3O[C@@H](CN4CCC(O)(c5ccc(Cl)cc5)CC4)C[C@@H](c4ccc(CO)cc4)O3)cc2)C1=O)OCc1ccccc1. The number of carbonyl (C=O) groups is 3. The van der Waals surface area contributed by atoms with Gasteiger partial charge in [0.25, 0.3) is 5.91 Å². The van der Waals surface area contributed by atoms with Crippen LogP contribution in [0, 0.1) is 0 Å². The van der Waals surface area contributed by atoms with Crippen LogP contribution in [0.15, 0.2) is 127 Å². The van der Waals surface area contributed by atoms with Crippen LogP contribution in [0.1, 0.15) is 71.5 Å². The second-order valence-electron chi connectivity index (χ2n) is 15.7. The fourth-order valence-corrected chi connectivity index (χ4v) is 8.40. The quantitative estimate of drug-likeness (QED) is 0.109. The van der Waals surface area contributed by atoms with E-state index in [0.717, 1.165) is 44.5 Å². The van der Waals surface area contributed by atoms with Crippen molar-refractivity contribution >= 4 is 29.5 Å². The van der Waals surface area contributed by atoms with E-state index in [4.69, 9.17) is 25.8 Å². The zero-order chi connectivity index (χ0) is 41.6. The number of nitrogens with one attached hydrogen (secondary N) is 1. The number of aliphatic hydroxyl groups is 2. The van der Waals surface area contributed by atoms with Gasteiger partial charge in [0.15, 0.2) is 6.29 Å². The van der Waals surface area contributed by atoms with Crippen LogP contribution in [0.2, 0.25) is 5.02 Å². The van der Waals surface area contributed by atoms with Crippen LogP contribution in [-0.2, 0) is 49.2 Å². The molecule has 0 spiro atoms. The van der Waals surface area contributed by atoms with Crippen molar-refractivity contribution in [2.75, 3.05) is 19.6 Å². The Morgan fingerprint density at radius 3 is 2.22 bits per heavy atom. The van der Waals surface area contributed by atoms with Gasteiger partial charge in [-0.1, -0.05) is 127 Å². The Balaban J connectivity index is 0.937. The van der Waals surface area contributed by atoms with Crippen LogP contribution in [0.3, 0.4) is 0 Å². The molecule has 0 bridgehead atoms. The van der Waals surface area contributed by atoms with Crippen molar-refractivity contribution in [2.45, 2.75) is 75.6 Å². The normalized spacial score (nSPS) is 21.8. The van der Waals surface area contributed by atoms with Crippen LogP contribution >= 0.6 is 11.6 Å². The van der Waals surface area contributed by atoms with Gasteiger partial charge in [0.05, 0.1) is 37.4 Å². The van der Waals surface area contributed by atoms with Crippen molar-refractivity contribution in [2.24, 2.45) is 0 Å². The molecule has 3 N–H and O–H groups in total. The molecular weight excluding hydrogens is 782 g/mol. The van der Waals surface area contributed by atoms with Crippen molar-refractivity contribution in [3.05, 3.63) is 166 Å². The molecule has 310 valence electrons. The van der Waals surface area contributed by atoms with Gasteiger partial charge in [-0.3, -0.25) is 14.5 Å². The fourth-order valence-electron chi connectivity index (χ4n) is 8.27. The summed E-state index contributed by atoms with van der Waals surface area (Å²) in [7, 11) is 0. The summed E-state index contributed by atoms with van der Waals surface area (Å²) in [5.41, 5.74) is 5.97. The maximum absolute atomic E-state index is 13.4. The summed E-state index contributed by atoms with van der Waals surface area (Å²) in [4.78, 5) is 42.5. The Kier molecular flexibility index (Phi) is 12.7. The van der Waals surface area contributed by atoms with Gasteiger partial charge >= 0.3 is 6.09 Å². The molecule has 3 saturated heterocycles. The average Bonchev–Trinajstić information content (AvgIpc) is 3.54. The minimum absolute atomic E-state index is 0.0403. The van der Waals surface area contributed by atoms with Crippen molar-refractivity contribution in [1.29, 1.82) is 0 Å². The number of alkyl carbamates (subject to hydrolysis) is 1. The van der Waals surface area contributed by atoms with E-state index in [2.05, 4.69) is 10.2 Å². The number of piperidine rings is 1. The summed E-state index contributed by atoms with van der Waals surface area (Å²) < 4.78 is 18.6. The second kappa shape index (κ2) is 18.5. The number of benzene rings is 5. The first-order chi connectivity index (χ1) is 29.1. The molecule has 3 fully saturated rings. The zero-order valence-corrected chi connectivity index (χ0v) is 33.9. The van der Waals surface area contributed by atoms with Crippen molar-refractivity contribution < 1.29 is 38.8 Å². The van der Waals surface area contributed by atoms with E-state index in [0.29, 0.717) is 43.9 Å². The van der Waals surface area contributed by atoms with Crippen LogP contribution < -0.4 is 5.32 Å². The lowest BCUT2D eigenvalue weighted by molar-refractivity contribution is -0.253. The summed E-state index contributed by atoms with van der Waals surface area (Å²) in [5.74, 6) is -0.854. The lowest BCUT2D eigenvalue weighted by Gasteiger charge is -2.42. The summed E-state index contributed by atoms with van der Waals surface area (Å²) in [6.45, 7) is 2.15. The third-order valence-electron chi connectivity index (χ3n) is 11.7. The van der Waals surface area contributed by atoms with Gasteiger partial charge in [-0.25, -0.2) is 4.79 Å².